The quantitative estimate of drug-likeness (QED) is 0.332. The fourth-order valence-electron chi connectivity index (χ4n) is 0.477. The van der Waals surface area contributed by atoms with Gasteiger partial charge in [0.05, 0.1) is 6.61 Å². The molecule has 0 aromatic rings. The summed E-state index contributed by atoms with van der Waals surface area (Å²) in [5.74, 6) is 0. The molecule has 13 heavy (non-hydrogen) atoms. The molecule has 0 radical (unpaired) electrons. The normalized spacial score (nSPS) is 9.15. The molecule has 0 spiro atoms. The second kappa shape index (κ2) is 6.59. The largest absolute Gasteiger partial charge is 0.533 e. The maximum absolute atomic E-state index is 10.8. The zero-order chi connectivity index (χ0) is 10.3. The molecule has 0 rings (SSSR count). The average Bonchev–Trinajstić information content (AvgIpc) is 2.04. The lowest BCUT2D eigenvalue weighted by atomic mass is 10.4. The molecule has 0 aliphatic heterocycles. The molecule has 0 aromatic carbocycles. The number of nitrogens with zero attached hydrogens (tertiary/aromatic N) is 1. The number of thiol groups is 1. The van der Waals surface area contributed by atoms with Crippen LogP contribution in [-0.2, 0) is 9.57 Å². The van der Waals surface area contributed by atoms with Crippen molar-refractivity contribution in [3.05, 3.63) is 0 Å². The van der Waals surface area contributed by atoms with E-state index in [1.807, 2.05) is 6.92 Å². The SMILES string of the molecule is CCCCOC(=O)ON(C)C(=O)S. The minimum Gasteiger partial charge on any atom is -0.433 e. The van der Waals surface area contributed by atoms with E-state index in [0.29, 0.717) is 11.7 Å². The van der Waals surface area contributed by atoms with Crippen molar-refractivity contribution in [3.63, 3.8) is 0 Å². The minimum atomic E-state index is -0.890. The molecule has 0 atom stereocenters. The number of carbonyl (C=O) groups is 2. The molecule has 1 amide bonds. The van der Waals surface area contributed by atoms with E-state index in [9.17, 15) is 9.59 Å². The Morgan fingerprint density at radius 3 is 2.54 bits per heavy atom. The van der Waals surface area contributed by atoms with Crippen molar-refractivity contribution in [2.24, 2.45) is 0 Å². The molecular formula is C7H13NO4S. The topological polar surface area (TPSA) is 55.8 Å². The first-order valence-corrected chi connectivity index (χ1v) is 4.34. The molecule has 0 aliphatic carbocycles. The minimum absolute atomic E-state index is 0.296. The Bertz CT molecular complexity index is 185. The van der Waals surface area contributed by atoms with E-state index < -0.39 is 11.4 Å². The van der Waals surface area contributed by atoms with Crippen LogP contribution in [0.15, 0.2) is 0 Å². The van der Waals surface area contributed by atoms with Crippen LogP contribution in [0, 0.1) is 0 Å². The molecule has 0 saturated heterocycles. The highest BCUT2D eigenvalue weighted by Crippen LogP contribution is 1.97. The number of rotatable bonds is 3. The Labute approximate surface area is 82.3 Å². The van der Waals surface area contributed by atoms with Gasteiger partial charge in [-0.1, -0.05) is 26.0 Å². The van der Waals surface area contributed by atoms with Gasteiger partial charge in [-0.15, -0.1) is 0 Å². The number of ether oxygens (including phenoxy) is 1. The van der Waals surface area contributed by atoms with Crippen LogP contribution in [0.2, 0.25) is 0 Å². The number of hydrogen-bond donors (Lipinski definition) is 1. The first kappa shape index (κ1) is 12.1. The molecule has 0 heterocycles. The molecule has 0 saturated carbocycles. The summed E-state index contributed by atoms with van der Waals surface area (Å²) in [6.07, 6.45) is 0.806. The molecule has 0 bridgehead atoms. The summed E-state index contributed by atoms with van der Waals surface area (Å²) in [7, 11) is 1.27. The highest BCUT2D eigenvalue weighted by Gasteiger charge is 2.11. The number of hydroxylamine groups is 2. The lowest BCUT2D eigenvalue weighted by Crippen LogP contribution is -2.26. The van der Waals surface area contributed by atoms with E-state index >= 15 is 0 Å². The summed E-state index contributed by atoms with van der Waals surface area (Å²) >= 11 is 3.43. The predicted octanol–water partition coefficient (Wildman–Crippen LogP) is 1.84. The highest BCUT2D eigenvalue weighted by atomic mass is 32.1. The fourth-order valence-corrected chi connectivity index (χ4v) is 0.518. The van der Waals surface area contributed by atoms with E-state index in [1.165, 1.54) is 7.05 Å². The first-order valence-electron chi connectivity index (χ1n) is 3.89. The molecule has 76 valence electrons. The standard InChI is InChI=1S/C7H13NO4S/c1-3-4-5-11-7(10)12-8(2)6(9)13/h3-5H2,1-2H3,(H,9,13). The summed E-state index contributed by atoms with van der Waals surface area (Å²) in [4.78, 5) is 25.6. The van der Waals surface area contributed by atoms with Crippen molar-refractivity contribution < 1.29 is 19.2 Å². The van der Waals surface area contributed by atoms with Crippen molar-refractivity contribution in [3.8, 4) is 0 Å². The molecule has 0 unspecified atom stereocenters. The van der Waals surface area contributed by atoms with Crippen molar-refractivity contribution in [1.82, 2.24) is 5.06 Å². The van der Waals surface area contributed by atoms with Gasteiger partial charge in [0.2, 0.25) is 0 Å². The van der Waals surface area contributed by atoms with Gasteiger partial charge in [0.15, 0.2) is 0 Å². The third-order valence-corrected chi connectivity index (χ3v) is 1.48. The molecule has 0 fully saturated rings. The summed E-state index contributed by atoms with van der Waals surface area (Å²) in [5.41, 5.74) is 0. The Hall–Kier alpha value is -0.910. The molecule has 0 N–H and O–H groups in total. The number of unbranched alkanes of at least 4 members (excludes halogenated alkanes) is 1. The summed E-state index contributed by atoms with van der Waals surface area (Å²) in [6, 6.07) is 0. The van der Waals surface area contributed by atoms with Crippen LogP contribution < -0.4 is 0 Å². The van der Waals surface area contributed by atoms with Gasteiger partial charge in [-0.3, -0.25) is 4.79 Å². The van der Waals surface area contributed by atoms with Gasteiger partial charge in [-0.25, -0.2) is 4.79 Å². The van der Waals surface area contributed by atoms with Gasteiger partial charge in [0.1, 0.15) is 0 Å². The van der Waals surface area contributed by atoms with E-state index in [4.69, 9.17) is 0 Å². The van der Waals surface area contributed by atoms with Crippen molar-refractivity contribution in [1.29, 1.82) is 0 Å². The number of amides is 1. The van der Waals surface area contributed by atoms with Gasteiger partial charge >= 0.3 is 11.4 Å². The summed E-state index contributed by atoms with van der Waals surface area (Å²) in [6.45, 7) is 2.27. The maximum atomic E-state index is 10.8. The van der Waals surface area contributed by atoms with E-state index in [1.54, 1.807) is 0 Å². The fraction of sp³-hybridized carbons (Fsp3) is 0.714. The highest BCUT2D eigenvalue weighted by molar-refractivity contribution is 7.96. The Kier molecular flexibility index (Phi) is 6.13. The van der Waals surface area contributed by atoms with Crippen LogP contribution >= 0.6 is 12.6 Å². The van der Waals surface area contributed by atoms with Crippen molar-refractivity contribution >= 4 is 24.0 Å². The molecule has 0 aromatic heterocycles. The molecule has 0 aliphatic rings. The van der Waals surface area contributed by atoms with Gasteiger partial charge in [0.25, 0.3) is 0 Å². The second-order valence-corrected chi connectivity index (χ2v) is 2.71. The second-order valence-electron chi connectivity index (χ2n) is 2.32. The lowest BCUT2D eigenvalue weighted by Gasteiger charge is -2.12. The van der Waals surface area contributed by atoms with Crippen LogP contribution in [0.5, 0.6) is 0 Å². The Morgan fingerprint density at radius 2 is 2.08 bits per heavy atom. The van der Waals surface area contributed by atoms with Crippen molar-refractivity contribution in [2.75, 3.05) is 13.7 Å². The van der Waals surface area contributed by atoms with Gasteiger partial charge in [-0.05, 0) is 6.42 Å². The van der Waals surface area contributed by atoms with E-state index in [0.717, 1.165) is 12.8 Å². The predicted molar refractivity (Wildman–Crippen MR) is 49.5 cm³/mol. The number of carbonyl (C=O) groups excluding carboxylic acids is 2. The maximum Gasteiger partial charge on any atom is 0.533 e. The summed E-state index contributed by atoms with van der Waals surface area (Å²) < 4.78 is 4.61. The Morgan fingerprint density at radius 1 is 1.46 bits per heavy atom. The van der Waals surface area contributed by atoms with Gasteiger partial charge in [-0.2, -0.15) is 5.06 Å². The van der Waals surface area contributed by atoms with E-state index in [-0.39, 0.29) is 0 Å². The Balaban J connectivity index is 3.56. The van der Waals surface area contributed by atoms with E-state index in [2.05, 4.69) is 22.2 Å². The third-order valence-electron chi connectivity index (χ3n) is 1.20. The van der Waals surface area contributed by atoms with Gasteiger partial charge < -0.3 is 9.57 Å². The monoisotopic (exact) mass is 207 g/mol. The summed E-state index contributed by atoms with van der Waals surface area (Å²) in [5, 5.41) is 0.0321. The lowest BCUT2D eigenvalue weighted by molar-refractivity contribution is -0.0687. The zero-order valence-corrected chi connectivity index (χ0v) is 8.54. The first-order chi connectivity index (χ1) is 6.07. The number of hydrogen-bond acceptors (Lipinski definition) is 4. The molecule has 5 nitrogen and oxygen atoms in total. The smallest absolute Gasteiger partial charge is 0.433 e. The van der Waals surface area contributed by atoms with Gasteiger partial charge in [0, 0.05) is 7.05 Å². The average molecular weight is 207 g/mol. The molecule has 6 heteroatoms. The van der Waals surface area contributed by atoms with Crippen LogP contribution in [0.3, 0.4) is 0 Å². The van der Waals surface area contributed by atoms with Crippen LogP contribution in [0.4, 0.5) is 9.59 Å². The van der Waals surface area contributed by atoms with Crippen molar-refractivity contribution in [2.45, 2.75) is 19.8 Å². The molecular weight excluding hydrogens is 194 g/mol. The van der Waals surface area contributed by atoms with Crippen LogP contribution in [-0.4, -0.2) is 30.1 Å². The zero-order valence-electron chi connectivity index (χ0n) is 7.65. The van der Waals surface area contributed by atoms with Crippen LogP contribution in [0.25, 0.3) is 0 Å². The van der Waals surface area contributed by atoms with Crippen LogP contribution in [0.1, 0.15) is 19.8 Å². The third kappa shape index (κ3) is 6.27.